The number of hydrogen-bond acceptors (Lipinski definition) is 2. The second kappa shape index (κ2) is 6.93. The van der Waals surface area contributed by atoms with Crippen molar-refractivity contribution >= 4 is 5.91 Å². The minimum absolute atomic E-state index is 0.196. The van der Waals surface area contributed by atoms with Crippen LogP contribution in [0.5, 0.6) is 0 Å². The highest BCUT2D eigenvalue weighted by molar-refractivity contribution is 5.89. The van der Waals surface area contributed by atoms with Crippen molar-refractivity contribution in [3.05, 3.63) is 0 Å². The van der Waals surface area contributed by atoms with Crippen LogP contribution in [-0.4, -0.2) is 28.6 Å². The molecule has 1 aliphatic heterocycles. The van der Waals surface area contributed by atoms with Crippen molar-refractivity contribution in [3.63, 3.8) is 0 Å². The monoisotopic (exact) mass is 280 g/mol. The van der Waals surface area contributed by atoms with E-state index in [1.165, 1.54) is 38.5 Å². The van der Waals surface area contributed by atoms with Gasteiger partial charge in [-0.2, -0.15) is 0 Å². The summed E-state index contributed by atoms with van der Waals surface area (Å²) in [4.78, 5) is 15.1. The molecular weight excluding hydrogens is 248 g/mol. The molecule has 3 nitrogen and oxygen atoms in total. The molecule has 2 rings (SSSR count). The molecule has 2 unspecified atom stereocenters. The predicted octanol–water partition coefficient (Wildman–Crippen LogP) is 3.83. The Morgan fingerprint density at radius 2 is 1.95 bits per heavy atom. The molecule has 0 aromatic rings. The van der Waals surface area contributed by atoms with Crippen LogP contribution in [0.1, 0.15) is 85.0 Å². The number of carbonyl (C=O) groups is 1. The summed E-state index contributed by atoms with van der Waals surface area (Å²) >= 11 is 0. The third-order valence-corrected chi connectivity index (χ3v) is 5.22. The largest absolute Gasteiger partial charge is 0.323 e. The Morgan fingerprint density at radius 3 is 2.55 bits per heavy atom. The Kier molecular flexibility index (Phi) is 5.48. The van der Waals surface area contributed by atoms with Gasteiger partial charge in [0.05, 0.1) is 11.7 Å². The minimum atomic E-state index is -0.196. The predicted molar refractivity (Wildman–Crippen MR) is 83.5 cm³/mol. The summed E-state index contributed by atoms with van der Waals surface area (Å²) in [6.45, 7) is 6.67. The Balaban J connectivity index is 1.96. The summed E-state index contributed by atoms with van der Waals surface area (Å²) in [5, 5.41) is 3.67. The van der Waals surface area contributed by atoms with E-state index in [0.29, 0.717) is 11.9 Å². The van der Waals surface area contributed by atoms with Crippen LogP contribution in [0.4, 0.5) is 0 Å². The molecule has 2 atom stereocenters. The zero-order chi connectivity index (χ0) is 14.6. The summed E-state index contributed by atoms with van der Waals surface area (Å²) in [5.41, 5.74) is -0.196. The molecule has 1 N–H and O–H groups in total. The molecular formula is C17H32N2O. The van der Waals surface area contributed by atoms with Gasteiger partial charge in [-0.15, -0.1) is 0 Å². The van der Waals surface area contributed by atoms with Crippen molar-refractivity contribution in [2.45, 2.75) is 103 Å². The van der Waals surface area contributed by atoms with Crippen LogP contribution in [0, 0.1) is 0 Å². The van der Waals surface area contributed by atoms with E-state index in [2.05, 4.69) is 31.0 Å². The summed E-state index contributed by atoms with van der Waals surface area (Å²) in [7, 11) is 0. The van der Waals surface area contributed by atoms with Crippen LogP contribution in [0.2, 0.25) is 0 Å². The molecule has 1 heterocycles. The maximum atomic E-state index is 12.9. The molecule has 20 heavy (non-hydrogen) atoms. The molecule has 0 aromatic heterocycles. The summed E-state index contributed by atoms with van der Waals surface area (Å²) in [6.07, 6.45) is 12.1. The minimum Gasteiger partial charge on any atom is -0.323 e. The van der Waals surface area contributed by atoms with Crippen LogP contribution in [0.15, 0.2) is 0 Å². The van der Waals surface area contributed by atoms with Gasteiger partial charge in [0.15, 0.2) is 0 Å². The number of rotatable bonds is 7. The molecule has 1 spiro atoms. The lowest BCUT2D eigenvalue weighted by Gasteiger charge is -2.30. The molecule has 0 aromatic carbocycles. The van der Waals surface area contributed by atoms with E-state index >= 15 is 0 Å². The number of hydrogen-bond donors (Lipinski definition) is 1. The maximum Gasteiger partial charge on any atom is 0.244 e. The first kappa shape index (κ1) is 15.8. The van der Waals surface area contributed by atoms with Crippen LogP contribution in [-0.2, 0) is 4.79 Å². The fourth-order valence-corrected chi connectivity index (χ4v) is 3.99. The van der Waals surface area contributed by atoms with Crippen LogP contribution < -0.4 is 5.32 Å². The maximum absolute atomic E-state index is 12.9. The molecule has 2 fully saturated rings. The number of unbranched alkanes of at least 4 members (excludes halogenated alkanes) is 3. The first-order valence-electron chi connectivity index (χ1n) is 8.75. The quantitative estimate of drug-likeness (QED) is 0.719. The van der Waals surface area contributed by atoms with Crippen molar-refractivity contribution in [2.75, 3.05) is 0 Å². The van der Waals surface area contributed by atoms with E-state index in [9.17, 15) is 4.79 Å². The molecule has 1 saturated carbocycles. The lowest BCUT2D eigenvalue weighted by atomic mass is 9.97. The van der Waals surface area contributed by atoms with E-state index in [4.69, 9.17) is 0 Å². The summed E-state index contributed by atoms with van der Waals surface area (Å²) < 4.78 is 0. The van der Waals surface area contributed by atoms with Crippen molar-refractivity contribution in [1.82, 2.24) is 10.2 Å². The van der Waals surface area contributed by atoms with Gasteiger partial charge in [0, 0.05) is 6.04 Å². The van der Waals surface area contributed by atoms with Gasteiger partial charge in [0.25, 0.3) is 0 Å². The van der Waals surface area contributed by atoms with Crippen molar-refractivity contribution in [1.29, 1.82) is 0 Å². The lowest BCUT2D eigenvalue weighted by molar-refractivity contribution is -0.135. The van der Waals surface area contributed by atoms with E-state index in [-0.39, 0.29) is 11.7 Å². The third kappa shape index (κ3) is 3.03. The first-order chi connectivity index (χ1) is 9.64. The Bertz CT molecular complexity index is 323. The third-order valence-electron chi connectivity index (χ3n) is 5.22. The van der Waals surface area contributed by atoms with Crippen molar-refractivity contribution in [2.24, 2.45) is 0 Å². The Labute approximate surface area is 124 Å². The van der Waals surface area contributed by atoms with Crippen molar-refractivity contribution < 1.29 is 4.79 Å². The first-order valence-corrected chi connectivity index (χ1v) is 8.75. The van der Waals surface area contributed by atoms with Gasteiger partial charge >= 0.3 is 0 Å². The van der Waals surface area contributed by atoms with Gasteiger partial charge < -0.3 is 4.90 Å². The molecule has 2 aliphatic rings. The highest BCUT2D eigenvalue weighted by atomic mass is 16.2. The van der Waals surface area contributed by atoms with Gasteiger partial charge in [-0.1, -0.05) is 52.4 Å². The standard InChI is InChI=1S/C17H32N2O/c1-4-6-7-8-11-14(3)19-15(5-2)18-17(16(19)20)12-9-10-13-17/h14-15,18H,4-13H2,1-3H3. The van der Waals surface area contributed by atoms with Crippen LogP contribution in [0.25, 0.3) is 0 Å². The molecule has 116 valence electrons. The topological polar surface area (TPSA) is 32.3 Å². The second-order valence-corrected chi connectivity index (χ2v) is 6.77. The lowest BCUT2D eigenvalue weighted by Crippen LogP contribution is -2.45. The normalized spacial score (nSPS) is 26.6. The van der Waals surface area contributed by atoms with Gasteiger partial charge in [0.2, 0.25) is 5.91 Å². The SMILES string of the molecule is CCCCCCC(C)N1C(=O)C2(CCCC2)NC1CC. The Morgan fingerprint density at radius 1 is 1.25 bits per heavy atom. The molecule has 1 saturated heterocycles. The fraction of sp³-hybridized carbons (Fsp3) is 0.941. The van der Waals surface area contributed by atoms with E-state index in [1.54, 1.807) is 0 Å². The molecule has 0 bridgehead atoms. The zero-order valence-electron chi connectivity index (χ0n) is 13.6. The van der Waals surface area contributed by atoms with Gasteiger partial charge in [-0.3, -0.25) is 10.1 Å². The summed E-state index contributed by atoms with van der Waals surface area (Å²) in [5.74, 6) is 0.393. The van der Waals surface area contributed by atoms with Crippen LogP contribution >= 0.6 is 0 Å². The smallest absolute Gasteiger partial charge is 0.244 e. The number of amides is 1. The number of carbonyl (C=O) groups excluding carboxylic acids is 1. The number of nitrogens with one attached hydrogen (secondary N) is 1. The average Bonchev–Trinajstić information content (AvgIpc) is 3.02. The second-order valence-electron chi connectivity index (χ2n) is 6.77. The van der Waals surface area contributed by atoms with Gasteiger partial charge in [0.1, 0.15) is 0 Å². The van der Waals surface area contributed by atoms with Crippen molar-refractivity contribution in [3.8, 4) is 0 Å². The highest BCUT2D eigenvalue weighted by Crippen LogP contribution is 2.38. The molecule has 1 amide bonds. The molecule has 3 heteroatoms. The fourth-order valence-electron chi connectivity index (χ4n) is 3.99. The van der Waals surface area contributed by atoms with E-state index in [1.807, 2.05) is 0 Å². The van der Waals surface area contributed by atoms with E-state index < -0.39 is 0 Å². The zero-order valence-corrected chi connectivity index (χ0v) is 13.6. The van der Waals surface area contributed by atoms with Gasteiger partial charge in [-0.05, 0) is 32.6 Å². The average molecular weight is 280 g/mol. The van der Waals surface area contributed by atoms with Gasteiger partial charge in [-0.25, -0.2) is 0 Å². The highest BCUT2D eigenvalue weighted by Gasteiger charge is 2.52. The molecule has 0 radical (unpaired) electrons. The van der Waals surface area contributed by atoms with E-state index in [0.717, 1.165) is 25.7 Å². The Hall–Kier alpha value is -0.570. The molecule has 1 aliphatic carbocycles. The number of nitrogens with zero attached hydrogens (tertiary/aromatic N) is 1. The summed E-state index contributed by atoms with van der Waals surface area (Å²) in [6, 6.07) is 0.386. The van der Waals surface area contributed by atoms with Crippen LogP contribution in [0.3, 0.4) is 0 Å².